The van der Waals surface area contributed by atoms with E-state index < -0.39 is 17.9 Å². The van der Waals surface area contributed by atoms with Gasteiger partial charge in [0.05, 0.1) is 0 Å². The van der Waals surface area contributed by atoms with Crippen LogP contribution in [0.1, 0.15) is 12.1 Å². The fraction of sp³-hybridized carbons (Fsp3) is 0.100. The van der Waals surface area contributed by atoms with Crippen LogP contribution < -0.4 is 0 Å². The zero-order chi connectivity index (χ0) is 11.7. The van der Waals surface area contributed by atoms with E-state index in [1.165, 1.54) is 18.2 Å². The molecule has 2 aromatic rings. The van der Waals surface area contributed by atoms with Crippen LogP contribution >= 0.6 is 11.6 Å². The number of nitrogens with zero attached hydrogens (tertiary/aromatic N) is 2. The predicted octanol–water partition coefficient (Wildman–Crippen LogP) is 3.60. The van der Waals surface area contributed by atoms with E-state index in [1.807, 2.05) is 0 Å². The molecule has 2 nitrogen and oxygen atoms in total. The summed E-state index contributed by atoms with van der Waals surface area (Å²) in [6.07, 6.45) is -2.73. The number of alkyl halides is 2. The lowest BCUT2D eigenvalue weighted by Crippen LogP contribution is -2.00. The lowest BCUT2D eigenvalue weighted by atomic mass is 10.3. The minimum Gasteiger partial charge on any atom is -0.219 e. The second-order valence-electron chi connectivity index (χ2n) is 3.06. The van der Waals surface area contributed by atoms with Crippen molar-refractivity contribution in [3.63, 3.8) is 0 Å². The van der Waals surface area contributed by atoms with Gasteiger partial charge in [0.2, 0.25) is 0 Å². The van der Waals surface area contributed by atoms with Gasteiger partial charge < -0.3 is 0 Å². The van der Waals surface area contributed by atoms with Crippen molar-refractivity contribution in [3.05, 3.63) is 47.0 Å². The zero-order valence-corrected chi connectivity index (χ0v) is 8.63. The van der Waals surface area contributed by atoms with Crippen LogP contribution in [0.5, 0.6) is 0 Å². The number of hydrogen-bond acceptors (Lipinski definition) is 1. The van der Waals surface area contributed by atoms with E-state index in [4.69, 9.17) is 11.6 Å². The molecule has 0 saturated heterocycles. The maximum atomic E-state index is 13.4. The Morgan fingerprint density at radius 1 is 1.25 bits per heavy atom. The maximum Gasteiger partial charge on any atom is 0.282 e. The van der Waals surface area contributed by atoms with Gasteiger partial charge in [-0.05, 0) is 12.1 Å². The molecule has 0 saturated carbocycles. The fourth-order valence-electron chi connectivity index (χ4n) is 1.27. The van der Waals surface area contributed by atoms with E-state index in [0.29, 0.717) is 0 Å². The van der Waals surface area contributed by atoms with Gasteiger partial charge in [0.25, 0.3) is 6.43 Å². The second kappa shape index (κ2) is 4.17. The molecule has 16 heavy (non-hydrogen) atoms. The van der Waals surface area contributed by atoms with Gasteiger partial charge in [0, 0.05) is 6.07 Å². The highest BCUT2D eigenvalue weighted by atomic mass is 35.5. The van der Waals surface area contributed by atoms with Crippen LogP contribution in [0.3, 0.4) is 0 Å². The van der Waals surface area contributed by atoms with Crippen LogP contribution in [0.4, 0.5) is 13.2 Å². The Bertz CT molecular complexity index is 511. The van der Waals surface area contributed by atoms with Crippen molar-refractivity contribution in [3.8, 4) is 5.69 Å². The Kier molecular flexibility index (Phi) is 2.87. The van der Waals surface area contributed by atoms with Crippen molar-refractivity contribution >= 4 is 11.6 Å². The fourth-order valence-corrected chi connectivity index (χ4v) is 1.51. The first kappa shape index (κ1) is 11.0. The Hall–Kier alpha value is -1.49. The van der Waals surface area contributed by atoms with Crippen LogP contribution in [0.25, 0.3) is 5.69 Å². The average molecular weight is 247 g/mol. The summed E-state index contributed by atoms with van der Waals surface area (Å²) in [5.74, 6) is -0.576. The lowest BCUT2D eigenvalue weighted by Gasteiger charge is -2.03. The van der Waals surface area contributed by atoms with Crippen LogP contribution in [-0.2, 0) is 0 Å². The third-order valence-corrected chi connectivity index (χ3v) is 2.26. The summed E-state index contributed by atoms with van der Waals surface area (Å²) in [6.45, 7) is 0. The highest BCUT2D eigenvalue weighted by Gasteiger charge is 2.16. The first-order valence-corrected chi connectivity index (χ1v) is 4.76. The molecule has 0 amide bonds. The minimum absolute atomic E-state index is 0.0411. The monoisotopic (exact) mass is 246 g/mol. The SMILES string of the molecule is Fc1ccccc1-n1nc(C(F)F)cc1Cl. The molecular weight excluding hydrogens is 241 g/mol. The largest absolute Gasteiger partial charge is 0.282 e. The number of halogens is 4. The topological polar surface area (TPSA) is 17.8 Å². The summed E-state index contributed by atoms with van der Waals surface area (Å²) in [5.41, 5.74) is -0.437. The van der Waals surface area contributed by atoms with Crippen molar-refractivity contribution in [2.75, 3.05) is 0 Å². The molecule has 0 atom stereocenters. The molecule has 1 aromatic carbocycles. The highest BCUT2D eigenvalue weighted by molar-refractivity contribution is 6.29. The van der Waals surface area contributed by atoms with Gasteiger partial charge in [-0.3, -0.25) is 0 Å². The van der Waals surface area contributed by atoms with Gasteiger partial charge in [-0.25, -0.2) is 17.9 Å². The van der Waals surface area contributed by atoms with E-state index in [9.17, 15) is 13.2 Å². The van der Waals surface area contributed by atoms with Crippen molar-refractivity contribution in [1.82, 2.24) is 9.78 Å². The Morgan fingerprint density at radius 2 is 1.94 bits per heavy atom. The zero-order valence-electron chi connectivity index (χ0n) is 7.87. The molecule has 0 aliphatic rings. The van der Waals surface area contributed by atoms with E-state index >= 15 is 0 Å². The molecule has 0 fully saturated rings. The van der Waals surface area contributed by atoms with Gasteiger partial charge in [0.1, 0.15) is 22.4 Å². The average Bonchev–Trinajstić information content (AvgIpc) is 2.61. The quantitative estimate of drug-likeness (QED) is 0.792. The van der Waals surface area contributed by atoms with Gasteiger partial charge in [-0.1, -0.05) is 23.7 Å². The van der Waals surface area contributed by atoms with Gasteiger partial charge in [-0.15, -0.1) is 0 Å². The van der Waals surface area contributed by atoms with E-state index in [0.717, 1.165) is 10.7 Å². The van der Waals surface area contributed by atoms with Crippen LogP contribution in [0.15, 0.2) is 30.3 Å². The third-order valence-electron chi connectivity index (χ3n) is 1.99. The molecule has 6 heteroatoms. The number of aromatic nitrogens is 2. The van der Waals surface area contributed by atoms with Crippen molar-refractivity contribution < 1.29 is 13.2 Å². The summed E-state index contributed by atoms with van der Waals surface area (Å²) in [7, 11) is 0. The minimum atomic E-state index is -2.73. The first-order chi connectivity index (χ1) is 7.59. The summed E-state index contributed by atoms with van der Waals surface area (Å²) in [6, 6.07) is 6.68. The standard InChI is InChI=1S/C10H6ClF3N2/c11-9-5-7(10(13)14)15-16(9)8-4-2-1-3-6(8)12/h1-5,10H. The number of hydrogen-bond donors (Lipinski definition) is 0. The summed E-state index contributed by atoms with van der Waals surface area (Å²) in [5, 5.41) is 3.48. The first-order valence-electron chi connectivity index (χ1n) is 4.38. The van der Waals surface area contributed by atoms with Crippen molar-refractivity contribution in [2.24, 2.45) is 0 Å². The van der Waals surface area contributed by atoms with Crippen LogP contribution in [0, 0.1) is 5.82 Å². The molecule has 0 N–H and O–H groups in total. The third kappa shape index (κ3) is 1.90. The van der Waals surface area contributed by atoms with Gasteiger partial charge >= 0.3 is 0 Å². The Morgan fingerprint density at radius 3 is 2.50 bits per heavy atom. The smallest absolute Gasteiger partial charge is 0.219 e. The molecule has 84 valence electrons. The maximum absolute atomic E-state index is 13.4. The lowest BCUT2D eigenvalue weighted by molar-refractivity contribution is 0.145. The molecule has 0 bridgehead atoms. The van der Waals surface area contributed by atoms with Crippen molar-refractivity contribution in [2.45, 2.75) is 6.43 Å². The van der Waals surface area contributed by atoms with Gasteiger partial charge in [-0.2, -0.15) is 5.10 Å². The predicted molar refractivity (Wildman–Crippen MR) is 53.5 cm³/mol. The normalized spacial score (nSPS) is 11.1. The molecule has 0 spiro atoms. The molecular formula is C10H6ClF3N2. The molecule has 0 aliphatic heterocycles. The molecule has 0 radical (unpaired) electrons. The van der Waals surface area contributed by atoms with Crippen LogP contribution in [0.2, 0.25) is 5.15 Å². The number of rotatable bonds is 2. The molecule has 1 aromatic heterocycles. The van der Waals surface area contributed by atoms with E-state index in [1.54, 1.807) is 6.07 Å². The molecule has 0 aliphatic carbocycles. The summed E-state index contributed by atoms with van der Waals surface area (Å²) >= 11 is 5.70. The summed E-state index contributed by atoms with van der Waals surface area (Å²) in [4.78, 5) is 0. The summed E-state index contributed by atoms with van der Waals surface area (Å²) < 4.78 is 39.0. The number of benzene rings is 1. The molecule has 2 rings (SSSR count). The van der Waals surface area contributed by atoms with E-state index in [-0.39, 0.29) is 10.8 Å². The second-order valence-corrected chi connectivity index (χ2v) is 3.44. The number of para-hydroxylation sites is 1. The van der Waals surface area contributed by atoms with E-state index in [2.05, 4.69) is 5.10 Å². The van der Waals surface area contributed by atoms with Gasteiger partial charge in [0.15, 0.2) is 0 Å². The highest BCUT2D eigenvalue weighted by Crippen LogP contribution is 2.24. The Balaban J connectivity index is 2.52. The van der Waals surface area contributed by atoms with Crippen molar-refractivity contribution in [1.29, 1.82) is 0 Å². The molecule has 0 unspecified atom stereocenters. The van der Waals surface area contributed by atoms with Crippen LogP contribution in [-0.4, -0.2) is 9.78 Å². The molecule has 1 heterocycles. The Labute approximate surface area is 94.3 Å².